The highest BCUT2D eigenvalue weighted by molar-refractivity contribution is 5.68. The van der Waals surface area contributed by atoms with Crippen molar-refractivity contribution >= 4 is 11.5 Å². The summed E-state index contributed by atoms with van der Waals surface area (Å²) in [4.78, 5) is 11.0. The van der Waals surface area contributed by atoms with Crippen molar-refractivity contribution in [1.29, 1.82) is 0 Å². The number of ether oxygens (including phenoxy) is 1. The third-order valence-electron chi connectivity index (χ3n) is 5.85. The van der Waals surface area contributed by atoms with E-state index in [1.807, 2.05) is 28.8 Å². The Balaban J connectivity index is 1.50. The van der Waals surface area contributed by atoms with E-state index >= 15 is 0 Å². The van der Waals surface area contributed by atoms with Gasteiger partial charge in [0, 0.05) is 25.3 Å². The van der Waals surface area contributed by atoms with Crippen LogP contribution in [0.1, 0.15) is 40.0 Å². The SMILES string of the molecule is COc1ncccc1-c1cnc2ccc(NCC3CCC(O)N3CCC(C)(C)C)nn12. The molecular formula is C23H32N6O2. The van der Waals surface area contributed by atoms with Crippen LogP contribution in [0.15, 0.2) is 36.7 Å². The number of pyridine rings is 1. The molecule has 3 aromatic heterocycles. The maximum atomic E-state index is 10.4. The van der Waals surface area contributed by atoms with Crippen LogP contribution in [0.4, 0.5) is 5.82 Å². The molecule has 4 heterocycles. The highest BCUT2D eigenvalue weighted by Gasteiger charge is 2.32. The van der Waals surface area contributed by atoms with Gasteiger partial charge >= 0.3 is 0 Å². The number of aliphatic hydroxyl groups is 1. The van der Waals surface area contributed by atoms with Gasteiger partial charge in [-0.05, 0) is 48.9 Å². The summed E-state index contributed by atoms with van der Waals surface area (Å²) >= 11 is 0. The molecule has 0 amide bonds. The summed E-state index contributed by atoms with van der Waals surface area (Å²) in [7, 11) is 1.61. The minimum Gasteiger partial charge on any atom is -0.481 e. The van der Waals surface area contributed by atoms with Crippen molar-refractivity contribution in [3.05, 3.63) is 36.7 Å². The molecule has 4 rings (SSSR count). The molecule has 3 aromatic rings. The topological polar surface area (TPSA) is 87.8 Å². The lowest BCUT2D eigenvalue weighted by atomic mass is 9.92. The first-order chi connectivity index (χ1) is 14.9. The number of fused-ring (bicyclic) bond motifs is 1. The Labute approximate surface area is 183 Å². The zero-order valence-corrected chi connectivity index (χ0v) is 18.7. The predicted molar refractivity (Wildman–Crippen MR) is 121 cm³/mol. The van der Waals surface area contributed by atoms with Crippen LogP contribution in [0.2, 0.25) is 0 Å². The second kappa shape index (κ2) is 8.80. The lowest BCUT2D eigenvalue weighted by Crippen LogP contribution is -2.41. The molecule has 0 spiro atoms. The van der Waals surface area contributed by atoms with Crippen LogP contribution < -0.4 is 10.1 Å². The minimum absolute atomic E-state index is 0.248. The van der Waals surface area contributed by atoms with E-state index < -0.39 is 0 Å². The van der Waals surface area contributed by atoms with Crippen LogP contribution in [0.5, 0.6) is 5.88 Å². The molecule has 8 nitrogen and oxygen atoms in total. The summed E-state index contributed by atoms with van der Waals surface area (Å²) < 4.78 is 7.22. The molecule has 166 valence electrons. The number of hydrogen-bond acceptors (Lipinski definition) is 7. The molecule has 2 unspecified atom stereocenters. The van der Waals surface area contributed by atoms with Gasteiger partial charge in [-0.3, -0.25) is 4.90 Å². The number of likely N-dealkylation sites (tertiary alicyclic amines) is 1. The Morgan fingerprint density at radius 1 is 1.19 bits per heavy atom. The summed E-state index contributed by atoms with van der Waals surface area (Å²) in [6.07, 6.45) is 5.97. The molecule has 0 aliphatic carbocycles. The average Bonchev–Trinajstić information content (AvgIpc) is 3.32. The van der Waals surface area contributed by atoms with E-state index in [9.17, 15) is 5.11 Å². The number of nitrogens with zero attached hydrogens (tertiary/aromatic N) is 5. The van der Waals surface area contributed by atoms with Gasteiger partial charge in [0.25, 0.3) is 0 Å². The van der Waals surface area contributed by atoms with Crippen LogP contribution in [-0.4, -0.2) is 62.1 Å². The van der Waals surface area contributed by atoms with Gasteiger partial charge < -0.3 is 15.2 Å². The quantitative estimate of drug-likeness (QED) is 0.601. The maximum Gasteiger partial charge on any atom is 0.222 e. The third kappa shape index (κ3) is 4.80. The fraction of sp³-hybridized carbons (Fsp3) is 0.522. The van der Waals surface area contributed by atoms with Crippen LogP contribution >= 0.6 is 0 Å². The molecule has 2 N–H and O–H groups in total. The van der Waals surface area contributed by atoms with Crippen molar-refractivity contribution in [2.45, 2.75) is 52.3 Å². The van der Waals surface area contributed by atoms with E-state index in [1.54, 1.807) is 19.5 Å². The van der Waals surface area contributed by atoms with Gasteiger partial charge in [0.1, 0.15) is 12.0 Å². The van der Waals surface area contributed by atoms with Gasteiger partial charge in [0.05, 0.1) is 24.6 Å². The van der Waals surface area contributed by atoms with Crippen molar-refractivity contribution in [2.24, 2.45) is 5.41 Å². The van der Waals surface area contributed by atoms with E-state index in [0.717, 1.165) is 55.1 Å². The van der Waals surface area contributed by atoms with Gasteiger partial charge in [-0.2, -0.15) is 0 Å². The van der Waals surface area contributed by atoms with Crippen molar-refractivity contribution < 1.29 is 9.84 Å². The van der Waals surface area contributed by atoms with Gasteiger partial charge in [-0.1, -0.05) is 20.8 Å². The molecule has 31 heavy (non-hydrogen) atoms. The number of aliphatic hydroxyl groups excluding tert-OH is 1. The first-order valence-electron chi connectivity index (χ1n) is 10.9. The fourth-order valence-electron chi connectivity index (χ4n) is 4.05. The highest BCUT2D eigenvalue weighted by Crippen LogP contribution is 2.29. The highest BCUT2D eigenvalue weighted by atomic mass is 16.5. The van der Waals surface area contributed by atoms with Crippen molar-refractivity contribution in [3.63, 3.8) is 0 Å². The van der Waals surface area contributed by atoms with Crippen molar-refractivity contribution in [3.8, 4) is 17.1 Å². The summed E-state index contributed by atoms with van der Waals surface area (Å²) in [6.45, 7) is 8.35. The van der Waals surface area contributed by atoms with Crippen molar-refractivity contribution in [1.82, 2.24) is 24.5 Å². The smallest absolute Gasteiger partial charge is 0.222 e. The lowest BCUT2D eigenvalue weighted by molar-refractivity contribution is 0.0134. The standard InChI is InChI=1S/C23H32N6O2/c1-23(2,3)11-13-28-16(7-10-21(28)30)14-25-19-8-9-20-26-15-18(29(20)27-19)17-6-5-12-24-22(17)31-4/h5-6,8-9,12,15-16,21,30H,7,10-11,13-14H2,1-4H3,(H,25,27). The van der Waals surface area contributed by atoms with E-state index in [1.165, 1.54) is 0 Å². The number of anilines is 1. The van der Waals surface area contributed by atoms with E-state index in [2.05, 4.69) is 41.0 Å². The Morgan fingerprint density at radius 3 is 2.81 bits per heavy atom. The molecule has 0 radical (unpaired) electrons. The number of imidazole rings is 1. The van der Waals surface area contributed by atoms with Crippen LogP contribution in [0.3, 0.4) is 0 Å². The molecule has 1 fully saturated rings. The van der Waals surface area contributed by atoms with Gasteiger partial charge in [0.15, 0.2) is 5.65 Å². The third-order valence-corrected chi connectivity index (χ3v) is 5.85. The zero-order valence-electron chi connectivity index (χ0n) is 18.7. The average molecular weight is 425 g/mol. The first-order valence-corrected chi connectivity index (χ1v) is 10.9. The Hall–Kier alpha value is -2.71. The van der Waals surface area contributed by atoms with E-state index in [4.69, 9.17) is 9.84 Å². The maximum absolute atomic E-state index is 10.4. The van der Waals surface area contributed by atoms with Crippen molar-refractivity contribution in [2.75, 3.05) is 25.5 Å². The number of hydrogen-bond donors (Lipinski definition) is 2. The second-order valence-corrected chi connectivity index (χ2v) is 9.33. The molecular weight excluding hydrogens is 392 g/mol. The molecule has 0 bridgehead atoms. The minimum atomic E-state index is -0.358. The summed E-state index contributed by atoms with van der Waals surface area (Å²) in [5.41, 5.74) is 2.67. The zero-order chi connectivity index (χ0) is 22.0. The number of rotatable bonds is 7. The number of nitrogens with one attached hydrogen (secondary N) is 1. The Bertz CT molecular complexity index is 1030. The Kier molecular flexibility index (Phi) is 6.11. The Morgan fingerprint density at radius 2 is 2.03 bits per heavy atom. The largest absolute Gasteiger partial charge is 0.481 e. The number of methoxy groups -OCH3 is 1. The molecule has 1 aliphatic heterocycles. The summed E-state index contributed by atoms with van der Waals surface area (Å²) in [5, 5.41) is 18.7. The molecule has 1 saturated heterocycles. The van der Waals surface area contributed by atoms with Gasteiger partial charge in [-0.25, -0.2) is 14.5 Å². The number of aromatic nitrogens is 4. The fourth-order valence-corrected chi connectivity index (χ4v) is 4.05. The lowest BCUT2D eigenvalue weighted by Gasteiger charge is -2.30. The molecule has 2 atom stereocenters. The first kappa shape index (κ1) is 21.5. The summed E-state index contributed by atoms with van der Waals surface area (Å²) in [6, 6.07) is 8.00. The normalized spacial score (nSPS) is 19.8. The van der Waals surface area contributed by atoms with Gasteiger partial charge in [0.2, 0.25) is 5.88 Å². The molecule has 8 heteroatoms. The van der Waals surface area contributed by atoms with E-state index in [0.29, 0.717) is 5.88 Å². The summed E-state index contributed by atoms with van der Waals surface area (Å²) in [5.74, 6) is 1.31. The molecule has 1 aliphatic rings. The van der Waals surface area contributed by atoms with Gasteiger partial charge in [-0.15, -0.1) is 5.10 Å². The van der Waals surface area contributed by atoms with Crippen LogP contribution in [-0.2, 0) is 0 Å². The van der Waals surface area contributed by atoms with Crippen LogP contribution in [0.25, 0.3) is 16.9 Å². The molecule has 0 aromatic carbocycles. The predicted octanol–water partition coefficient (Wildman–Crippen LogP) is 3.43. The molecule has 0 saturated carbocycles. The second-order valence-electron chi connectivity index (χ2n) is 9.33. The van der Waals surface area contributed by atoms with Crippen LogP contribution in [0, 0.1) is 5.41 Å². The monoisotopic (exact) mass is 424 g/mol. The van der Waals surface area contributed by atoms with E-state index in [-0.39, 0.29) is 17.7 Å².